The molecule has 0 bridgehead atoms. The lowest BCUT2D eigenvalue weighted by Crippen LogP contribution is -2.11. The quantitative estimate of drug-likeness (QED) is 0.558. The van der Waals surface area contributed by atoms with Gasteiger partial charge in [0.1, 0.15) is 0 Å². The van der Waals surface area contributed by atoms with E-state index in [2.05, 4.69) is 10.4 Å². The molecule has 0 radical (unpaired) electrons. The number of anilines is 1. The van der Waals surface area contributed by atoms with Crippen molar-refractivity contribution >= 4 is 28.6 Å². The molecule has 0 aliphatic heterocycles. The minimum atomic E-state index is 0.630. The summed E-state index contributed by atoms with van der Waals surface area (Å²) < 4.78 is 1.89. The molecule has 1 aromatic carbocycles. The minimum absolute atomic E-state index is 0.630. The van der Waals surface area contributed by atoms with Gasteiger partial charge in [-0.3, -0.25) is 5.43 Å². The van der Waals surface area contributed by atoms with Crippen molar-refractivity contribution in [2.45, 2.75) is 6.92 Å². The molecule has 14 heavy (non-hydrogen) atoms. The van der Waals surface area contributed by atoms with Gasteiger partial charge in [0.2, 0.25) is 5.95 Å². The Balaban J connectivity index is 2.85. The SMILES string of the molecule is Cc1c(Cl)ccc2c1nc(NN)n2C. The van der Waals surface area contributed by atoms with E-state index in [0.717, 1.165) is 21.6 Å². The molecule has 0 saturated carbocycles. The molecule has 3 N–H and O–H groups in total. The van der Waals surface area contributed by atoms with Crippen LogP contribution in [-0.4, -0.2) is 9.55 Å². The van der Waals surface area contributed by atoms with E-state index in [1.54, 1.807) is 0 Å². The first-order chi connectivity index (χ1) is 6.65. The Labute approximate surface area is 86.6 Å². The Hall–Kier alpha value is -1.26. The Bertz CT molecular complexity index is 489. The van der Waals surface area contributed by atoms with Gasteiger partial charge in [-0.2, -0.15) is 0 Å². The van der Waals surface area contributed by atoms with E-state index in [4.69, 9.17) is 17.4 Å². The number of rotatable bonds is 1. The molecule has 0 saturated heterocycles. The number of halogens is 1. The molecule has 0 aliphatic carbocycles. The number of nitrogen functional groups attached to an aromatic ring is 1. The highest BCUT2D eigenvalue weighted by Gasteiger charge is 2.09. The summed E-state index contributed by atoms with van der Waals surface area (Å²) in [6.45, 7) is 1.94. The molecule has 4 nitrogen and oxygen atoms in total. The normalized spacial score (nSPS) is 10.9. The Morgan fingerprint density at radius 1 is 1.50 bits per heavy atom. The van der Waals surface area contributed by atoms with Crippen LogP contribution in [0.2, 0.25) is 5.02 Å². The van der Waals surface area contributed by atoms with Gasteiger partial charge in [0.15, 0.2) is 0 Å². The second-order valence-electron chi connectivity index (χ2n) is 3.18. The van der Waals surface area contributed by atoms with Crippen molar-refractivity contribution in [3.05, 3.63) is 22.7 Å². The van der Waals surface area contributed by atoms with E-state index in [1.807, 2.05) is 30.7 Å². The van der Waals surface area contributed by atoms with Gasteiger partial charge in [-0.05, 0) is 24.6 Å². The monoisotopic (exact) mass is 210 g/mol. The van der Waals surface area contributed by atoms with Gasteiger partial charge in [0, 0.05) is 12.1 Å². The van der Waals surface area contributed by atoms with Crippen LogP contribution >= 0.6 is 11.6 Å². The lowest BCUT2D eigenvalue weighted by Gasteiger charge is -2.00. The topological polar surface area (TPSA) is 55.9 Å². The van der Waals surface area contributed by atoms with Gasteiger partial charge in [-0.1, -0.05) is 11.6 Å². The summed E-state index contributed by atoms with van der Waals surface area (Å²) in [6, 6.07) is 3.79. The first-order valence-electron chi connectivity index (χ1n) is 4.23. The second-order valence-corrected chi connectivity index (χ2v) is 3.59. The van der Waals surface area contributed by atoms with E-state index >= 15 is 0 Å². The average Bonchev–Trinajstić information content (AvgIpc) is 2.50. The third-order valence-electron chi connectivity index (χ3n) is 2.37. The van der Waals surface area contributed by atoms with Gasteiger partial charge in [-0.15, -0.1) is 0 Å². The van der Waals surface area contributed by atoms with Gasteiger partial charge < -0.3 is 4.57 Å². The summed E-state index contributed by atoms with van der Waals surface area (Å²) in [5, 5.41) is 0.721. The van der Waals surface area contributed by atoms with Crippen molar-refractivity contribution in [1.82, 2.24) is 9.55 Å². The highest BCUT2D eigenvalue weighted by molar-refractivity contribution is 6.32. The highest BCUT2D eigenvalue weighted by atomic mass is 35.5. The maximum Gasteiger partial charge on any atom is 0.218 e. The Morgan fingerprint density at radius 3 is 2.86 bits per heavy atom. The third-order valence-corrected chi connectivity index (χ3v) is 2.78. The predicted molar refractivity (Wildman–Crippen MR) is 58.3 cm³/mol. The predicted octanol–water partition coefficient (Wildman–Crippen LogP) is 1.82. The molecule has 74 valence electrons. The molecule has 0 amide bonds. The van der Waals surface area contributed by atoms with E-state index < -0.39 is 0 Å². The van der Waals surface area contributed by atoms with E-state index in [-0.39, 0.29) is 0 Å². The zero-order chi connectivity index (χ0) is 10.3. The summed E-state index contributed by atoms with van der Waals surface area (Å²) in [7, 11) is 1.90. The number of aromatic nitrogens is 2. The van der Waals surface area contributed by atoms with Crippen LogP contribution in [0.3, 0.4) is 0 Å². The number of nitrogens with two attached hydrogens (primary N) is 1. The van der Waals surface area contributed by atoms with Crippen molar-refractivity contribution in [2.75, 3.05) is 5.43 Å². The van der Waals surface area contributed by atoms with Crippen LogP contribution in [0.4, 0.5) is 5.95 Å². The molecule has 0 aliphatic rings. The molecule has 2 aromatic rings. The number of fused-ring (bicyclic) bond motifs is 1. The highest BCUT2D eigenvalue weighted by Crippen LogP contribution is 2.26. The van der Waals surface area contributed by atoms with Crippen molar-refractivity contribution < 1.29 is 0 Å². The number of benzene rings is 1. The van der Waals surface area contributed by atoms with Crippen molar-refractivity contribution in [2.24, 2.45) is 12.9 Å². The van der Waals surface area contributed by atoms with Crippen LogP contribution in [0.5, 0.6) is 0 Å². The third kappa shape index (κ3) is 1.15. The fourth-order valence-electron chi connectivity index (χ4n) is 1.50. The number of aryl methyl sites for hydroxylation is 2. The van der Waals surface area contributed by atoms with Gasteiger partial charge in [0.05, 0.1) is 11.0 Å². The summed E-state index contributed by atoms with van der Waals surface area (Å²) in [5.74, 6) is 5.97. The standard InChI is InChI=1S/C9H11ClN4/c1-5-6(10)3-4-7-8(5)12-9(13-11)14(7)2/h3-4H,11H2,1-2H3,(H,12,13). The number of hydrogen-bond donors (Lipinski definition) is 2. The average molecular weight is 211 g/mol. The number of hydrazine groups is 1. The van der Waals surface area contributed by atoms with Crippen LogP contribution in [0.15, 0.2) is 12.1 Å². The van der Waals surface area contributed by atoms with Gasteiger partial charge in [-0.25, -0.2) is 10.8 Å². The van der Waals surface area contributed by atoms with E-state index in [0.29, 0.717) is 5.95 Å². The minimum Gasteiger partial charge on any atom is -0.312 e. The maximum atomic E-state index is 5.99. The van der Waals surface area contributed by atoms with Crippen LogP contribution < -0.4 is 11.3 Å². The molecule has 0 atom stereocenters. The lowest BCUT2D eigenvalue weighted by molar-refractivity contribution is 0.942. The summed E-state index contributed by atoms with van der Waals surface area (Å²) in [6.07, 6.45) is 0. The fourth-order valence-corrected chi connectivity index (χ4v) is 1.65. The van der Waals surface area contributed by atoms with Crippen LogP contribution in [0.1, 0.15) is 5.56 Å². The number of imidazole rings is 1. The first-order valence-corrected chi connectivity index (χ1v) is 4.61. The van der Waals surface area contributed by atoms with E-state index in [1.165, 1.54) is 0 Å². The van der Waals surface area contributed by atoms with Crippen molar-refractivity contribution in [3.8, 4) is 0 Å². The molecule has 0 fully saturated rings. The number of nitrogens with zero attached hydrogens (tertiary/aromatic N) is 2. The van der Waals surface area contributed by atoms with Crippen LogP contribution in [-0.2, 0) is 7.05 Å². The summed E-state index contributed by atoms with van der Waals surface area (Å²) in [4.78, 5) is 4.33. The molecular formula is C9H11ClN4. The fraction of sp³-hybridized carbons (Fsp3) is 0.222. The molecular weight excluding hydrogens is 200 g/mol. The van der Waals surface area contributed by atoms with Gasteiger partial charge >= 0.3 is 0 Å². The largest absolute Gasteiger partial charge is 0.312 e. The molecule has 2 rings (SSSR count). The number of nitrogens with one attached hydrogen (secondary N) is 1. The van der Waals surface area contributed by atoms with Crippen molar-refractivity contribution in [1.29, 1.82) is 0 Å². The number of hydrogen-bond acceptors (Lipinski definition) is 3. The van der Waals surface area contributed by atoms with Crippen LogP contribution in [0.25, 0.3) is 11.0 Å². The lowest BCUT2D eigenvalue weighted by atomic mass is 10.2. The zero-order valence-corrected chi connectivity index (χ0v) is 8.76. The maximum absolute atomic E-state index is 5.99. The molecule has 5 heteroatoms. The van der Waals surface area contributed by atoms with Crippen molar-refractivity contribution in [3.63, 3.8) is 0 Å². The molecule has 1 heterocycles. The van der Waals surface area contributed by atoms with Crippen LogP contribution in [0, 0.1) is 6.92 Å². The molecule has 0 unspecified atom stereocenters. The molecule has 1 aromatic heterocycles. The second kappa shape index (κ2) is 3.15. The zero-order valence-electron chi connectivity index (χ0n) is 8.00. The van der Waals surface area contributed by atoms with E-state index in [9.17, 15) is 0 Å². The summed E-state index contributed by atoms with van der Waals surface area (Å²) >= 11 is 5.99. The smallest absolute Gasteiger partial charge is 0.218 e. The Kier molecular flexibility index (Phi) is 2.09. The first kappa shape index (κ1) is 9.30. The van der Waals surface area contributed by atoms with Gasteiger partial charge in [0.25, 0.3) is 0 Å². The molecule has 0 spiro atoms. The summed E-state index contributed by atoms with van der Waals surface area (Å²) in [5.41, 5.74) is 5.41. The Morgan fingerprint density at radius 2 is 2.21 bits per heavy atom.